The van der Waals surface area contributed by atoms with Crippen molar-refractivity contribution in [2.24, 2.45) is 0 Å². The topological polar surface area (TPSA) is 67.4 Å². The van der Waals surface area contributed by atoms with Gasteiger partial charge in [0.2, 0.25) is 5.91 Å². The quantitative estimate of drug-likeness (QED) is 0.689. The number of thioether (sulfide) groups is 1. The predicted octanol–water partition coefficient (Wildman–Crippen LogP) is 3.75. The van der Waals surface area contributed by atoms with Crippen LogP contribution in [0.5, 0.6) is 5.75 Å². The number of carbonyl (C=O) groups is 2. The van der Waals surface area contributed by atoms with Crippen molar-refractivity contribution in [2.75, 3.05) is 24.4 Å². The van der Waals surface area contributed by atoms with E-state index < -0.39 is 6.04 Å². The summed E-state index contributed by atoms with van der Waals surface area (Å²) in [7, 11) is 1.57. The minimum absolute atomic E-state index is 0.213. The van der Waals surface area contributed by atoms with Crippen molar-refractivity contribution in [1.82, 2.24) is 5.32 Å². The summed E-state index contributed by atoms with van der Waals surface area (Å²) in [5, 5.41) is 5.74. The molecule has 6 heteroatoms. The van der Waals surface area contributed by atoms with Crippen molar-refractivity contribution in [3.05, 3.63) is 59.7 Å². The minimum Gasteiger partial charge on any atom is -0.497 e. The van der Waals surface area contributed by atoms with Crippen molar-refractivity contribution >= 4 is 29.3 Å². The predicted molar refractivity (Wildman–Crippen MR) is 112 cm³/mol. The highest BCUT2D eigenvalue weighted by Crippen LogP contribution is 2.14. The van der Waals surface area contributed by atoms with Crippen LogP contribution < -0.4 is 15.4 Å². The van der Waals surface area contributed by atoms with Gasteiger partial charge in [-0.3, -0.25) is 9.59 Å². The Morgan fingerprint density at radius 1 is 1.07 bits per heavy atom. The van der Waals surface area contributed by atoms with Crippen molar-refractivity contribution in [3.8, 4) is 5.75 Å². The molecule has 2 aromatic rings. The molecule has 0 heterocycles. The van der Waals surface area contributed by atoms with Gasteiger partial charge in [0.1, 0.15) is 11.8 Å². The average Bonchev–Trinajstić information content (AvgIpc) is 2.71. The number of amides is 2. The van der Waals surface area contributed by atoms with E-state index in [9.17, 15) is 9.59 Å². The molecule has 0 saturated heterocycles. The van der Waals surface area contributed by atoms with E-state index in [0.717, 1.165) is 17.9 Å². The van der Waals surface area contributed by atoms with Gasteiger partial charge in [-0.2, -0.15) is 11.8 Å². The van der Waals surface area contributed by atoms with Gasteiger partial charge in [0.15, 0.2) is 0 Å². The first kappa shape index (κ1) is 20.8. The molecule has 1 atom stereocenters. The molecule has 2 aromatic carbocycles. The summed E-state index contributed by atoms with van der Waals surface area (Å²) >= 11 is 1.64. The highest BCUT2D eigenvalue weighted by molar-refractivity contribution is 7.98. The van der Waals surface area contributed by atoms with E-state index in [2.05, 4.69) is 17.6 Å². The summed E-state index contributed by atoms with van der Waals surface area (Å²) in [6, 6.07) is 14.0. The van der Waals surface area contributed by atoms with Gasteiger partial charge < -0.3 is 15.4 Å². The number of benzene rings is 2. The number of ether oxygens (including phenoxy) is 1. The molecule has 2 N–H and O–H groups in total. The Bertz CT molecular complexity index is 745. The van der Waals surface area contributed by atoms with Crippen LogP contribution >= 0.6 is 11.8 Å². The van der Waals surface area contributed by atoms with Crippen molar-refractivity contribution < 1.29 is 14.3 Å². The summed E-state index contributed by atoms with van der Waals surface area (Å²) < 4.78 is 5.11. The third-order valence-corrected chi connectivity index (χ3v) is 4.86. The maximum Gasteiger partial charge on any atom is 0.251 e. The summed E-state index contributed by atoms with van der Waals surface area (Å²) in [4.78, 5) is 25.2. The fraction of sp³-hybridized carbons (Fsp3) is 0.333. The van der Waals surface area contributed by atoms with Crippen LogP contribution in [0.1, 0.15) is 29.3 Å². The molecule has 27 heavy (non-hydrogen) atoms. The SMILES string of the molecule is CCc1ccc(NC(=O)[C@@H](CCSC)NC(=O)c2ccc(OC)cc2)cc1. The standard InChI is InChI=1S/C21H26N2O3S/c1-4-15-5-9-17(10-6-15)22-21(25)19(13-14-27-3)23-20(24)16-7-11-18(26-2)12-8-16/h5-12,19H,4,13-14H2,1-3H3,(H,22,25)(H,23,24)/t19-/m1/s1. The number of carbonyl (C=O) groups excluding carboxylic acids is 2. The van der Waals surface area contributed by atoms with Crippen LogP contribution in [0.4, 0.5) is 5.69 Å². The first-order valence-electron chi connectivity index (χ1n) is 8.91. The lowest BCUT2D eigenvalue weighted by molar-refractivity contribution is -0.118. The van der Waals surface area contributed by atoms with Crippen LogP contribution in [0.3, 0.4) is 0 Å². The second-order valence-corrected chi connectivity index (χ2v) is 7.06. The van der Waals surface area contributed by atoms with Crippen molar-refractivity contribution in [1.29, 1.82) is 0 Å². The summed E-state index contributed by atoms with van der Waals surface area (Å²) in [6.07, 6.45) is 3.48. The van der Waals surface area contributed by atoms with E-state index in [1.54, 1.807) is 43.1 Å². The molecule has 2 rings (SSSR count). The molecule has 0 saturated carbocycles. The third kappa shape index (κ3) is 6.32. The first-order chi connectivity index (χ1) is 13.1. The Balaban J connectivity index is 2.05. The Hall–Kier alpha value is -2.47. The molecule has 0 radical (unpaired) electrons. The first-order valence-corrected chi connectivity index (χ1v) is 10.3. The third-order valence-electron chi connectivity index (χ3n) is 4.21. The molecule has 5 nitrogen and oxygen atoms in total. The van der Waals surface area contributed by atoms with E-state index in [-0.39, 0.29) is 11.8 Å². The molecule has 0 aliphatic rings. The fourth-order valence-electron chi connectivity index (χ4n) is 2.54. The second kappa shape index (κ2) is 10.6. The monoisotopic (exact) mass is 386 g/mol. The molecular weight excluding hydrogens is 360 g/mol. The normalized spacial score (nSPS) is 11.5. The van der Waals surface area contributed by atoms with E-state index in [0.29, 0.717) is 17.7 Å². The van der Waals surface area contributed by atoms with Crippen LogP contribution in [0, 0.1) is 0 Å². The summed E-state index contributed by atoms with van der Waals surface area (Å²) in [6.45, 7) is 2.08. The number of hydrogen-bond acceptors (Lipinski definition) is 4. The van der Waals surface area contributed by atoms with Gasteiger partial charge in [0, 0.05) is 11.3 Å². The zero-order chi connectivity index (χ0) is 19.6. The zero-order valence-corrected chi connectivity index (χ0v) is 16.8. The lowest BCUT2D eigenvalue weighted by Crippen LogP contribution is -2.44. The van der Waals surface area contributed by atoms with Crippen molar-refractivity contribution in [3.63, 3.8) is 0 Å². The van der Waals surface area contributed by atoms with E-state index in [1.807, 2.05) is 30.5 Å². The molecular formula is C21H26N2O3S. The van der Waals surface area contributed by atoms with Gasteiger partial charge in [-0.15, -0.1) is 0 Å². The number of hydrogen-bond donors (Lipinski definition) is 2. The smallest absolute Gasteiger partial charge is 0.251 e. The molecule has 0 bridgehead atoms. The minimum atomic E-state index is -0.599. The number of methoxy groups -OCH3 is 1. The van der Waals surface area contributed by atoms with Gasteiger partial charge in [0.25, 0.3) is 5.91 Å². The molecule has 0 spiro atoms. The van der Waals surface area contributed by atoms with Gasteiger partial charge in [-0.25, -0.2) is 0 Å². The lowest BCUT2D eigenvalue weighted by Gasteiger charge is -2.18. The van der Waals surface area contributed by atoms with Gasteiger partial charge >= 0.3 is 0 Å². The highest BCUT2D eigenvalue weighted by atomic mass is 32.2. The van der Waals surface area contributed by atoms with E-state index in [4.69, 9.17) is 4.74 Å². The average molecular weight is 387 g/mol. The molecule has 0 unspecified atom stereocenters. The Morgan fingerprint density at radius 3 is 2.30 bits per heavy atom. The maximum absolute atomic E-state index is 12.7. The van der Waals surface area contributed by atoms with Crippen LogP contribution in [0.2, 0.25) is 0 Å². The van der Waals surface area contributed by atoms with Crippen molar-refractivity contribution in [2.45, 2.75) is 25.8 Å². The van der Waals surface area contributed by atoms with E-state index in [1.165, 1.54) is 5.56 Å². The summed E-state index contributed by atoms with van der Waals surface area (Å²) in [5.41, 5.74) is 2.43. The van der Waals surface area contributed by atoms with E-state index >= 15 is 0 Å². The van der Waals surface area contributed by atoms with Crippen LogP contribution in [-0.2, 0) is 11.2 Å². The molecule has 144 valence electrons. The Labute approximate surface area is 164 Å². The number of rotatable bonds is 9. The lowest BCUT2D eigenvalue weighted by atomic mass is 10.1. The Morgan fingerprint density at radius 2 is 1.74 bits per heavy atom. The summed E-state index contributed by atoms with van der Waals surface area (Å²) in [5.74, 6) is 0.963. The molecule has 2 amide bonds. The van der Waals surface area contributed by atoms with Crippen LogP contribution in [-0.4, -0.2) is 37.0 Å². The molecule has 0 aromatic heterocycles. The molecule has 0 aliphatic heterocycles. The van der Waals surface area contributed by atoms with Gasteiger partial charge in [0.05, 0.1) is 7.11 Å². The molecule has 0 aliphatic carbocycles. The fourth-order valence-corrected chi connectivity index (χ4v) is 3.01. The molecule has 0 fully saturated rings. The Kier molecular flexibility index (Phi) is 8.20. The highest BCUT2D eigenvalue weighted by Gasteiger charge is 2.21. The second-order valence-electron chi connectivity index (χ2n) is 6.08. The van der Waals surface area contributed by atoms with Crippen LogP contribution in [0.25, 0.3) is 0 Å². The maximum atomic E-state index is 12.7. The van der Waals surface area contributed by atoms with Gasteiger partial charge in [-0.05, 0) is 66.8 Å². The largest absolute Gasteiger partial charge is 0.497 e. The van der Waals surface area contributed by atoms with Crippen LogP contribution in [0.15, 0.2) is 48.5 Å². The number of aryl methyl sites for hydroxylation is 1. The zero-order valence-electron chi connectivity index (χ0n) is 16.0. The van der Waals surface area contributed by atoms with Gasteiger partial charge in [-0.1, -0.05) is 19.1 Å². The number of anilines is 1. The number of nitrogens with one attached hydrogen (secondary N) is 2.